The van der Waals surface area contributed by atoms with Crippen LogP contribution in [0.1, 0.15) is 24.4 Å². The van der Waals surface area contributed by atoms with Crippen LogP contribution in [-0.4, -0.2) is 25.1 Å². The van der Waals surface area contributed by atoms with Crippen LogP contribution in [0.25, 0.3) is 16.6 Å². The molecular formula is C18H17N5O3. The van der Waals surface area contributed by atoms with Crippen molar-refractivity contribution in [2.45, 2.75) is 26.4 Å². The van der Waals surface area contributed by atoms with Crippen molar-refractivity contribution in [3.63, 3.8) is 0 Å². The number of carbonyl (C=O) groups excluding carboxylic acids is 1. The lowest BCUT2D eigenvalue weighted by Crippen LogP contribution is -2.38. The zero-order valence-electron chi connectivity index (χ0n) is 14.3. The molecule has 1 N–H and O–H groups in total. The highest BCUT2D eigenvalue weighted by atomic mass is 16.3. The summed E-state index contributed by atoms with van der Waals surface area (Å²) in [6, 6.07) is 6.38. The van der Waals surface area contributed by atoms with Gasteiger partial charge in [0.15, 0.2) is 5.58 Å². The van der Waals surface area contributed by atoms with Crippen molar-refractivity contribution in [3.8, 4) is 0 Å². The normalized spacial score (nSPS) is 12.5. The van der Waals surface area contributed by atoms with E-state index in [4.69, 9.17) is 4.42 Å². The number of aryl methyl sites for hydroxylation is 1. The zero-order chi connectivity index (χ0) is 18.3. The molecule has 132 valence electrons. The fraction of sp³-hybridized carbons (Fsp3) is 0.222. The second kappa shape index (κ2) is 6.14. The van der Waals surface area contributed by atoms with Crippen molar-refractivity contribution >= 4 is 22.5 Å². The predicted octanol–water partition coefficient (Wildman–Crippen LogP) is 1.82. The van der Waals surface area contributed by atoms with Gasteiger partial charge in [-0.2, -0.15) is 5.10 Å². The number of fused-ring (bicyclic) bond motifs is 3. The summed E-state index contributed by atoms with van der Waals surface area (Å²) in [4.78, 5) is 29.3. The first-order valence-corrected chi connectivity index (χ1v) is 8.21. The number of aromatic nitrogens is 4. The van der Waals surface area contributed by atoms with Gasteiger partial charge in [-0.3, -0.25) is 19.0 Å². The molecule has 0 saturated heterocycles. The number of amides is 1. The molecule has 0 aliphatic rings. The van der Waals surface area contributed by atoms with Crippen LogP contribution in [0, 0.1) is 6.92 Å². The van der Waals surface area contributed by atoms with E-state index in [1.165, 1.54) is 4.68 Å². The van der Waals surface area contributed by atoms with E-state index in [0.29, 0.717) is 23.5 Å². The van der Waals surface area contributed by atoms with Gasteiger partial charge in [0.05, 0.1) is 11.8 Å². The molecular weight excluding hydrogens is 334 g/mol. The summed E-state index contributed by atoms with van der Waals surface area (Å²) in [5.74, 6) is 0.311. The molecule has 1 atom stereocenters. The van der Waals surface area contributed by atoms with Crippen molar-refractivity contribution in [2.75, 3.05) is 0 Å². The molecule has 0 bridgehead atoms. The highest BCUT2D eigenvalue weighted by molar-refractivity contribution is 5.83. The first-order chi connectivity index (χ1) is 12.6. The Morgan fingerprint density at radius 2 is 2.19 bits per heavy atom. The quantitative estimate of drug-likeness (QED) is 0.605. The van der Waals surface area contributed by atoms with Gasteiger partial charge in [-0.15, -0.1) is 0 Å². The van der Waals surface area contributed by atoms with Crippen LogP contribution in [0.5, 0.6) is 0 Å². The van der Waals surface area contributed by atoms with Crippen molar-refractivity contribution < 1.29 is 9.21 Å². The minimum Gasteiger partial charge on any atom is -0.463 e. The van der Waals surface area contributed by atoms with Gasteiger partial charge in [0.1, 0.15) is 17.4 Å². The second-order valence-corrected chi connectivity index (χ2v) is 6.09. The minimum atomic E-state index is -0.746. The van der Waals surface area contributed by atoms with E-state index in [1.54, 1.807) is 55.1 Å². The Morgan fingerprint density at radius 1 is 1.35 bits per heavy atom. The third-order valence-electron chi connectivity index (χ3n) is 4.36. The number of carbonyl (C=O) groups is 1. The average molecular weight is 351 g/mol. The van der Waals surface area contributed by atoms with Crippen molar-refractivity contribution in [2.24, 2.45) is 0 Å². The van der Waals surface area contributed by atoms with E-state index in [9.17, 15) is 9.59 Å². The molecule has 8 nitrogen and oxygen atoms in total. The molecule has 0 fully saturated rings. The topological polar surface area (TPSA) is 94.4 Å². The van der Waals surface area contributed by atoms with Crippen LogP contribution < -0.4 is 10.9 Å². The number of hydrogen-bond acceptors (Lipinski definition) is 5. The first-order valence-electron chi connectivity index (χ1n) is 8.21. The van der Waals surface area contributed by atoms with Gasteiger partial charge in [-0.05, 0) is 25.5 Å². The molecule has 0 aromatic carbocycles. The predicted molar refractivity (Wildman–Crippen MR) is 94.8 cm³/mol. The van der Waals surface area contributed by atoms with Crippen molar-refractivity contribution in [1.82, 2.24) is 24.5 Å². The monoisotopic (exact) mass is 351 g/mol. The molecule has 1 amide bonds. The average Bonchev–Trinajstić information content (AvgIpc) is 3.24. The minimum absolute atomic E-state index is 0.289. The molecule has 0 radical (unpaired) electrons. The van der Waals surface area contributed by atoms with Gasteiger partial charge in [0, 0.05) is 31.1 Å². The van der Waals surface area contributed by atoms with Crippen LogP contribution in [0.3, 0.4) is 0 Å². The van der Waals surface area contributed by atoms with Gasteiger partial charge in [0.2, 0.25) is 5.91 Å². The number of nitrogens with one attached hydrogen (secondary N) is 1. The third kappa shape index (κ3) is 2.55. The number of furan rings is 1. The number of hydrogen-bond donors (Lipinski definition) is 1. The van der Waals surface area contributed by atoms with Crippen LogP contribution >= 0.6 is 0 Å². The van der Waals surface area contributed by atoms with Crippen LogP contribution in [-0.2, 0) is 11.3 Å². The van der Waals surface area contributed by atoms with E-state index in [-0.39, 0.29) is 11.5 Å². The van der Waals surface area contributed by atoms with E-state index < -0.39 is 6.04 Å². The second-order valence-electron chi connectivity index (χ2n) is 6.09. The molecule has 4 heterocycles. The van der Waals surface area contributed by atoms with Crippen molar-refractivity contribution in [1.29, 1.82) is 0 Å². The summed E-state index contributed by atoms with van der Waals surface area (Å²) < 4.78 is 8.31. The summed E-state index contributed by atoms with van der Waals surface area (Å²) in [5.41, 5.74) is 2.36. The van der Waals surface area contributed by atoms with Crippen LogP contribution in [0.15, 0.2) is 52.1 Å². The largest absolute Gasteiger partial charge is 0.463 e. The first kappa shape index (κ1) is 16.1. The van der Waals surface area contributed by atoms with Gasteiger partial charge in [-0.1, -0.05) is 6.07 Å². The Bertz CT molecular complexity index is 1160. The fourth-order valence-corrected chi connectivity index (χ4v) is 3.01. The molecule has 0 saturated carbocycles. The van der Waals surface area contributed by atoms with E-state index in [2.05, 4.69) is 15.4 Å². The summed E-state index contributed by atoms with van der Waals surface area (Å²) >= 11 is 0. The maximum Gasteiger partial charge on any atom is 0.291 e. The van der Waals surface area contributed by atoms with Gasteiger partial charge < -0.3 is 9.73 Å². The maximum atomic E-state index is 12.8. The van der Waals surface area contributed by atoms with E-state index >= 15 is 0 Å². The SMILES string of the molecule is Cc1nn([C@@H](C)C(=O)NCc2cccnc2)c(=O)c2cc3occc3n12. The third-order valence-corrected chi connectivity index (χ3v) is 4.36. The fourth-order valence-electron chi connectivity index (χ4n) is 3.01. The Balaban J connectivity index is 1.66. The smallest absolute Gasteiger partial charge is 0.291 e. The Hall–Kier alpha value is -3.42. The lowest BCUT2D eigenvalue weighted by Gasteiger charge is -2.15. The molecule has 0 spiro atoms. The van der Waals surface area contributed by atoms with E-state index in [0.717, 1.165) is 11.1 Å². The highest BCUT2D eigenvalue weighted by Crippen LogP contribution is 2.20. The summed E-state index contributed by atoms with van der Waals surface area (Å²) in [6.45, 7) is 3.77. The van der Waals surface area contributed by atoms with Crippen molar-refractivity contribution in [3.05, 3.63) is 64.7 Å². The standard InChI is InChI=1S/C18H17N5O3/c1-11(17(24)20-10-13-4-3-6-19-9-13)23-18(25)15-8-16-14(5-7-26-16)22(15)12(2)21-23/h3-9,11H,10H2,1-2H3,(H,20,24)/t11-/m0/s1. The molecule has 4 rings (SSSR count). The molecule has 4 aromatic rings. The number of rotatable bonds is 4. The summed E-state index contributed by atoms with van der Waals surface area (Å²) in [7, 11) is 0. The van der Waals surface area contributed by atoms with Gasteiger partial charge in [-0.25, -0.2) is 4.68 Å². The van der Waals surface area contributed by atoms with Gasteiger partial charge in [0.25, 0.3) is 5.56 Å². The Morgan fingerprint density at radius 3 is 2.96 bits per heavy atom. The maximum absolute atomic E-state index is 12.8. The lowest BCUT2D eigenvalue weighted by molar-refractivity contribution is -0.124. The number of nitrogens with zero attached hydrogens (tertiary/aromatic N) is 4. The molecule has 8 heteroatoms. The van der Waals surface area contributed by atoms with Gasteiger partial charge >= 0.3 is 0 Å². The Kier molecular flexibility index (Phi) is 3.80. The molecule has 26 heavy (non-hydrogen) atoms. The summed E-state index contributed by atoms with van der Waals surface area (Å²) in [5, 5.41) is 7.14. The Labute approximate surface area is 148 Å². The molecule has 0 aliphatic heterocycles. The summed E-state index contributed by atoms with van der Waals surface area (Å²) in [6.07, 6.45) is 4.92. The zero-order valence-corrected chi connectivity index (χ0v) is 14.3. The molecule has 0 unspecified atom stereocenters. The number of pyridine rings is 1. The van der Waals surface area contributed by atoms with Crippen LogP contribution in [0.4, 0.5) is 0 Å². The molecule has 4 aromatic heterocycles. The highest BCUT2D eigenvalue weighted by Gasteiger charge is 2.21. The lowest BCUT2D eigenvalue weighted by atomic mass is 10.2. The van der Waals surface area contributed by atoms with E-state index in [1.807, 2.05) is 6.07 Å². The van der Waals surface area contributed by atoms with Crippen LogP contribution in [0.2, 0.25) is 0 Å². The molecule has 0 aliphatic carbocycles.